The largest absolute Gasteiger partial charge is 0.573 e. The van der Waals surface area contributed by atoms with Crippen molar-refractivity contribution in [3.63, 3.8) is 0 Å². The first kappa shape index (κ1) is 11.8. The summed E-state index contributed by atoms with van der Waals surface area (Å²) in [7, 11) is 0. The molecule has 0 saturated heterocycles. The Morgan fingerprint density at radius 3 is 2.13 bits per heavy atom. The molecular weight excluding hydrogens is 213 g/mol. The minimum absolute atomic E-state index is 0.208. The zero-order chi connectivity index (χ0) is 11.5. The lowest BCUT2D eigenvalue weighted by Crippen LogP contribution is -2.17. The summed E-state index contributed by atoms with van der Waals surface area (Å²) in [5.74, 6) is -0.413. The van der Waals surface area contributed by atoms with Gasteiger partial charge in [-0.1, -0.05) is 6.07 Å². The Balaban J connectivity index is 2.93. The van der Waals surface area contributed by atoms with E-state index in [2.05, 4.69) is 4.74 Å². The van der Waals surface area contributed by atoms with Crippen LogP contribution >= 0.6 is 0 Å². The Bertz CT molecular complexity index is 336. The molecule has 0 aliphatic heterocycles. The van der Waals surface area contributed by atoms with E-state index in [1.807, 2.05) is 0 Å². The van der Waals surface area contributed by atoms with Crippen LogP contribution in [0.1, 0.15) is 11.1 Å². The molecule has 15 heavy (non-hydrogen) atoms. The number of aliphatic hydroxyl groups excluding tert-OH is 2. The molecule has 0 fully saturated rings. The predicted octanol–water partition coefficient (Wildman–Crippen LogP) is 1.57. The molecule has 1 aromatic rings. The first-order chi connectivity index (χ1) is 6.96. The van der Waals surface area contributed by atoms with Gasteiger partial charge in [0, 0.05) is 0 Å². The summed E-state index contributed by atoms with van der Waals surface area (Å²) >= 11 is 0. The normalized spacial score (nSPS) is 11.5. The summed E-state index contributed by atoms with van der Waals surface area (Å²) in [6, 6.07) is 3.39. The van der Waals surface area contributed by atoms with Gasteiger partial charge in [-0.25, -0.2) is 0 Å². The molecule has 0 aromatic heterocycles. The zero-order valence-electron chi connectivity index (χ0n) is 7.58. The maximum Gasteiger partial charge on any atom is 0.573 e. The first-order valence-electron chi connectivity index (χ1n) is 4.05. The van der Waals surface area contributed by atoms with Crippen LogP contribution in [0.2, 0.25) is 0 Å². The molecular formula is C9H9F3O3. The number of hydrogen-bond donors (Lipinski definition) is 2. The lowest BCUT2D eigenvalue weighted by Gasteiger charge is -2.11. The monoisotopic (exact) mass is 222 g/mol. The van der Waals surface area contributed by atoms with Crippen LogP contribution in [0.5, 0.6) is 5.75 Å². The molecule has 0 amide bonds. The Hall–Kier alpha value is -1.27. The quantitative estimate of drug-likeness (QED) is 0.816. The van der Waals surface area contributed by atoms with Crippen molar-refractivity contribution in [2.24, 2.45) is 0 Å². The molecule has 0 radical (unpaired) electrons. The smallest absolute Gasteiger partial charge is 0.406 e. The van der Waals surface area contributed by atoms with Crippen LogP contribution in [0.25, 0.3) is 0 Å². The van der Waals surface area contributed by atoms with Gasteiger partial charge in [-0.2, -0.15) is 0 Å². The molecule has 0 atom stereocenters. The third-order valence-electron chi connectivity index (χ3n) is 1.75. The van der Waals surface area contributed by atoms with Gasteiger partial charge in [0.2, 0.25) is 0 Å². The van der Waals surface area contributed by atoms with Gasteiger partial charge >= 0.3 is 6.36 Å². The molecule has 0 unspecified atom stereocenters. The predicted molar refractivity (Wildman–Crippen MR) is 45.0 cm³/mol. The maximum absolute atomic E-state index is 11.8. The average molecular weight is 222 g/mol. The van der Waals surface area contributed by atoms with Crippen molar-refractivity contribution in [1.82, 2.24) is 0 Å². The number of ether oxygens (including phenoxy) is 1. The van der Waals surface area contributed by atoms with Crippen molar-refractivity contribution in [2.75, 3.05) is 0 Å². The van der Waals surface area contributed by atoms with E-state index in [1.165, 1.54) is 6.07 Å². The highest BCUT2D eigenvalue weighted by Crippen LogP contribution is 2.25. The maximum atomic E-state index is 11.8. The molecule has 1 rings (SSSR count). The van der Waals surface area contributed by atoms with Gasteiger partial charge in [-0.15, -0.1) is 13.2 Å². The van der Waals surface area contributed by atoms with Crippen LogP contribution in [0.4, 0.5) is 13.2 Å². The van der Waals surface area contributed by atoms with Crippen LogP contribution < -0.4 is 4.74 Å². The van der Waals surface area contributed by atoms with Crippen LogP contribution in [-0.2, 0) is 13.2 Å². The van der Waals surface area contributed by atoms with Crippen LogP contribution in [0.15, 0.2) is 18.2 Å². The second-order valence-electron chi connectivity index (χ2n) is 2.79. The van der Waals surface area contributed by atoms with Gasteiger partial charge in [0.05, 0.1) is 13.2 Å². The standard InChI is InChI=1S/C9H9F3O3/c10-9(11,12)15-8-2-1-6(4-13)7(3-8)5-14/h1-3,13-14H,4-5H2. The molecule has 0 saturated carbocycles. The Labute approximate surface area is 83.7 Å². The van der Waals surface area contributed by atoms with E-state index in [1.54, 1.807) is 0 Å². The fourth-order valence-corrected chi connectivity index (χ4v) is 1.10. The summed E-state index contributed by atoms with van der Waals surface area (Å²) in [5, 5.41) is 17.6. The van der Waals surface area contributed by atoms with Gasteiger partial charge < -0.3 is 14.9 Å². The summed E-state index contributed by atoms with van der Waals surface area (Å²) in [4.78, 5) is 0. The third kappa shape index (κ3) is 3.41. The highest BCUT2D eigenvalue weighted by atomic mass is 19.4. The lowest BCUT2D eigenvalue weighted by molar-refractivity contribution is -0.274. The summed E-state index contributed by atoms with van der Waals surface area (Å²) in [5.41, 5.74) is 0.575. The Morgan fingerprint density at radius 2 is 1.67 bits per heavy atom. The Morgan fingerprint density at radius 1 is 1.07 bits per heavy atom. The average Bonchev–Trinajstić information content (AvgIpc) is 2.15. The van der Waals surface area contributed by atoms with E-state index >= 15 is 0 Å². The SMILES string of the molecule is OCc1ccc(OC(F)(F)F)cc1CO. The third-order valence-corrected chi connectivity index (χ3v) is 1.75. The summed E-state index contributed by atoms with van der Waals surface area (Å²) in [6.07, 6.45) is -4.76. The fraction of sp³-hybridized carbons (Fsp3) is 0.333. The zero-order valence-corrected chi connectivity index (χ0v) is 7.58. The number of alkyl halides is 3. The van der Waals surface area contributed by atoms with E-state index in [0.29, 0.717) is 5.56 Å². The highest BCUT2D eigenvalue weighted by Gasteiger charge is 2.31. The number of halogens is 3. The van der Waals surface area contributed by atoms with E-state index < -0.39 is 18.7 Å². The van der Waals surface area contributed by atoms with Crippen molar-refractivity contribution in [2.45, 2.75) is 19.6 Å². The molecule has 6 heteroatoms. The number of hydrogen-bond acceptors (Lipinski definition) is 3. The van der Waals surface area contributed by atoms with Gasteiger partial charge in [-0.05, 0) is 23.3 Å². The topological polar surface area (TPSA) is 49.7 Å². The summed E-state index contributed by atoms with van der Waals surface area (Å²) in [6.45, 7) is -0.798. The second-order valence-corrected chi connectivity index (χ2v) is 2.79. The van der Waals surface area contributed by atoms with Gasteiger partial charge in [-0.3, -0.25) is 0 Å². The molecule has 3 nitrogen and oxygen atoms in total. The van der Waals surface area contributed by atoms with E-state index in [-0.39, 0.29) is 12.2 Å². The van der Waals surface area contributed by atoms with E-state index in [4.69, 9.17) is 10.2 Å². The molecule has 1 aromatic carbocycles. The molecule has 0 spiro atoms. The Kier molecular flexibility index (Phi) is 3.54. The van der Waals surface area contributed by atoms with Gasteiger partial charge in [0.1, 0.15) is 5.75 Å². The van der Waals surface area contributed by atoms with E-state index in [0.717, 1.165) is 12.1 Å². The second kappa shape index (κ2) is 4.50. The van der Waals surface area contributed by atoms with Crippen LogP contribution in [0.3, 0.4) is 0 Å². The molecule has 84 valence electrons. The fourth-order valence-electron chi connectivity index (χ4n) is 1.10. The molecule has 0 aliphatic rings. The van der Waals surface area contributed by atoms with Crippen molar-refractivity contribution >= 4 is 0 Å². The van der Waals surface area contributed by atoms with Crippen molar-refractivity contribution in [3.8, 4) is 5.75 Å². The van der Waals surface area contributed by atoms with Crippen LogP contribution in [-0.4, -0.2) is 16.6 Å². The van der Waals surface area contributed by atoms with Crippen molar-refractivity contribution in [3.05, 3.63) is 29.3 Å². The number of benzene rings is 1. The van der Waals surface area contributed by atoms with Crippen molar-refractivity contribution in [1.29, 1.82) is 0 Å². The summed E-state index contributed by atoms with van der Waals surface area (Å²) < 4.78 is 39.1. The first-order valence-corrected chi connectivity index (χ1v) is 4.05. The lowest BCUT2D eigenvalue weighted by atomic mass is 10.1. The highest BCUT2D eigenvalue weighted by molar-refractivity contribution is 5.35. The molecule has 0 bridgehead atoms. The minimum Gasteiger partial charge on any atom is -0.406 e. The van der Waals surface area contributed by atoms with Gasteiger partial charge in [0.25, 0.3) is 0 Å². The van der Waals surface area contributed by atoms with Crippen LogP contribution in [0, 0.1) is 0 Å². The number of aliphatic hydroxyl groups is 2. The minimum atomic E-state index is -4.76. The molecule has 2 N–H and O–H groups in total. The number of rotatable bonds is 3. The van der Waals surface area contributed by atoms with E-state index in [9.17, 15) is 13.2 Å². The molecule has 0 aliphatic carbocycles. The molecule has 0 heterocycles. The van der Waals surface area contributed by atoms with Crippen molar-refractivity contribution < 1.29 is 28.1 Å². The van der Waals surface area contributed by atoms with Gasteiger partial charge in [0.15, 0.2) is 0 Å².